The Hall–Kier alpha value is -4.91. The van der Waals surface area contributed by atoms with Crippen molar-refractivity contribution in [3.05, 3.63) is 60.7 Å². The van der Waals surface area contributed by atoms with Gasteiger partial charge in [-0.3, -0.25) is 8.80 Å². The third kappa shape index (κ3) is 7.79. The van der Waals surface area contributed by atoms with Crippen LogP contribution in [0.4, 0.5) is 31.1 Å². The highest BCUT2D eigenvalue weighted by Gasteiger charge is 2.38. The number of carbonyl (C=O) groups is 1. The van der Waals surface area contributed by atoms with E-state index in [9.17, 15) is 31.1 Å². The van der Waals surface area contributed by atoms with Crippen LogP contribution in [0.3, 0.4) is 0 Å². The smallest absolute Gasteiger partial charge is 0.345 e. The average molecular weight is 735 g/mol. The van der Waals surface area contributed by atoms with Crippen LogP contribution in [0.15, 0.2) is 49.3 Å². The molecule has 0 saturated carbocycles. The van der Waals surface area contributed by atoms with Gasteiger partial charge in [-0.2, -0.15) is 26.3 Å². The molecule has 4 atom stereocenters. The molecule has 2 saturated heterocycles. The highest BCUT2D eigenvalue weighted by molar-refractivity contribution is 5.76. The van der Waals surface area contributed by atoms with Gasteiger partial charge in [0.2, 0.25) is 0 Å². The zero-order valence-corrected chi connectivity index (χ0v) is 28.5. The van der Waals surface area contributed by atoms with Crippen LogP contribution in [0.1, 0.15) is 49.9 Å². The summed E-state index contributed by atoms with van der Waals surface area (Å²) in [5, 5.41) is 5.47. The maximum absolute atomic E-state index is 12.4. The molecule has 13 nitrogen and oxygen atoms in total. The van der Waals surface area contributed by atoms with Gasteiger partial charge in [0.15, 0.2) is 22.6 Å². The summed E-state index contributed by atoms with van der Waals surface area (Å²) in [5.41, 5.74) is 11.7. The molecule has 2 aliphatic rings. The SMILES string of the molecule is CC[C@@H]1CN(C(=O)NCC(F)(F)F)C[C@@H]1c1cnc2cnc3[nH]ccc3n12.CC[C@@H]1CNCC1c1cnc2cnc3[nH]ccc3n12.NCC(F)(F)F. The Morgan fingerprint density at radius 1 is 0.788 bits per heavy atom. The first-order chi connectivity index (χ1) is 24.8. The Kier molecular flexibility index (Phi) is 10.6. The van der Waals surface area contributed by atoms with E-state index in [4.69, 9.17) is 0 Å². The molecule has 2 aliphatic heterocycles. The van der Waals surface area contributed by atoms with Crippen LogP contribution in [-0.4, -0.2) is 101 Å². The van der Waals surface area contributed by atoms with Crippen molar-refractivity contribution in [3.8, 4) is 0 Å². The molecular formula is C33H40F6N12O. The highest BCUT2D eigenvalue weighted by atomic mass is 19.4. The second-order valence-electron chi connectivity index (χ2n) is 12.9. The van der Waals surface area contributed by atoms with Gasteiger partial charge in [-0.05, 0) is 30.5 Å². The Labute approximate surface area is 293 Å². The molecule has 0 bridgehead atoms. The van der Waals surface area contributed by atoms with Gasteiger partial charge in [-0.15, -0.1) is 0 Å². The van der Waals surface area contributed by atoms with Crippen LogP contribution in [-0.2, 0) is 0 Å². The summed E-state index contributed by atoms with van der Waals surface area (Å²) in [6, 6.07) is 3.30. The van der Waals surface area contributed by atoms with Gasteiger partial charge in [0.05, 0.1) is 30.0 Å². The van der Waals surface area contributed by atoms with E-state index in [-0.39, 0.29) is 11.8 Å². The average Bonchev–Trinajstić information content (AvgIpc) is 3.95. The predicted octanol–water partition coefficient (Wildman–Crippen LogP) is 5.34. The summed E-state index contributed by atoms with van der Waals surface area (Å²) in [5.74, 6) is 1.37. The molecule has 6 N–H and O–H groups in total. The van der Waals surface area contributed by atoms with Crippen molar-refractivity contribution in [2.75, 3.05) is 39.3 Å². The molecule has 8 heterocycles. The molecule has 280 valence electrons. The van der Waals surface area contributed by atoms with E-state index in [2.05, 4.69) is 58.3 Å². The molecule has 19 heteroatoms. The lowest BCUT2D eigenvalue weighted by Crippen LogP contribution is -2.42. The number of aromatic amines is 2. The van der Waals surface area contributed by atoms with E-state index >= 15 is 0 Å². The van der Waals surface area contributed by atoms with Crippen molar-refractivity contribution >= 4 is 39.7 Å². The van der Waals surface area contributed by atoms with Crippen molar-refractivity contribution in [2.45, 2.75) is 50.9 Å². The molecule has 0 spiro atoms. The van der Waals surface area contributed by atoms with Crippen LogP contribution in [0.25, 0.3) is 33.6 Å². The second kappa shape index (κ2) is 15.0. The summed E-state index contributed by atoms with van der Waals surface area (Å²) < 4.78 is 73.4. The Bertz CT molecular complexity index is 2110. The minimum Gasteiger partial charge on any atom is -0.345 e. The van der Waals surface area contributed by atoms with Gasteiger partial charge < -0.3 is 31.2 Å². The minimum absolute atomic E-state index is 0.0119. The maximum Gasteiger partial charge on any atom is 0.405 e. The van der Waals surface area contributed by atoms with Crippen molar-refractivity contribution in [3.63, 3.8) is 0 Å². The number of nitrogens with one attached hydrogen (secondary N) is 4. The fourth-order valence-electron chi connectivity index (χ4n) is 7.09. The van der Waals surface area contributed by atoms with Crippen molar-refractivity contribution in [1.29, 1.82) is 0 Å². The number of H-pyrrole nitrogens is 2. The summed E-state index contributed by atoms with van der Waals surface area (Å²) in [6.45, 7) is 4.65. The molecule has 2 fully saturated rings. The Balaban J connectivity index is 0.000000161. The number of nitrogens with zero attached hydrogens (tertiary/aromatic N) is 7. The standard InChI is InChI=1S/C17H19F3N6O.C14H17N5.C2H4F3N/c1-2-10-7-25(16(27)24-9-17(18,19)20)8-11(10)13-5-22-14-6-23-15-12(26(13)14)3-4-21-15;1-2-9-5-15-6-10(9)12-7-17-13-8-18-14-11(19(12)13)3-4-16-14;3-2(4,5)1-6/h3-6,10-11,21H,2,7-9H2,1H3,(H,24,27);3-4,7-10,15-16H,2,5-6H2,1H3;1,6H2/t10-,11+;9-,10?;/m11./s1. The summed E-state index contributed by atoms with van der Waals surface area (Å²) in [6.07, 6.45) is 4.44. The quantitative estimate of drug-likeness (QED) is 0.150. The zero-order chi connectivity index (χ0) is 37.2. The first-order valence-corrected chi connectivity index (χ1v) is 17.0. The van der Waals surface area contributed by atoms with Gasteiger partial charge in [-0.1, -0.05) is 26.7 Å². The molecule has 0 aliphatic carbocycles. The first kappa shape index (κ1) is 36.9. The number of likely N-dealkylation sites (tertiary alicyclic amines) is 1. The number of rotatable bonds is 5. The largest absolute Gasteiger partial charge is 0.405 e. The monoisotopic (exact) mass is 734 g/mol. The second-order valence-corrected chi connectivity index (χ2v) is 12.9. The van der Waals surface area contributed by atoms with Crippen molar-refractivity contribution in [2.24, 2.45) is 17.6 Å². The highest BCUT2D eigenvalue weighted by Crippen LogP contribution is 2.36. The van der Waals surface area contributed by atoms with E-state index in [1.807, 2.05) is 41.3 Å². The molecule has 0 aromatic carbocycles. The molecule has 8 rings (SSSR count). The van der Waals surface area contributed by atoms with Crippen LogP contribution in [0, 0.1) is 11.8 Å². The lowest BCUT2D eigenvalue weighted by atomic mass is 9.91. The lowest BCUT2D eigenvalue weighted by Gasteiger charge is -2.18. The fraction of sp³-hybridized carbons (Fsp3) is 0.485. The summed E-state index contributed by atoms with van der Waals surface area (Å²) >= 11 is 0. The minimum atomic E-state index is -4.42. The fourth-order valence-corrected chi connectivity index (χ4v) is 7.09. The Morgan fingerprint density at radius 3 is 1.83 bits per heavy atom. The third-order valence-electron chi connectivity index (χ3n) is 9.69. The molecule has 6 aromatic rings. The van der Waals surface area contributed by atoms with E-state index in [0.717, 1.165) is 53.2 Å². The number of aromatic nitrogens is 8. The topological polar surface area (TPSA) is 162 Å². The molecule has 1 unspecified atom stereocenters. The molecule has 52 heavy (non-hydrogen) atoms. The number of alkyl halides is 6. The number of urea groups is 1. The number of hydrogen-bond donors (Lipinski definition) is 5. The molecular weight excluding hydrogens is 694 g/mol. The predicted molar refractivity (Wildman–Crippen MR) is 182 cm³/mol. The van der Waals surface area contributed by atoms with Gasteiger partial charge in [0, 0.05) is 67.6 Å². The van der Waals surface area contributed by atoms with Gasteiger partial charge in [0.25, 0.3) is 0 Å². The van der Waals surface area contributed by atoms with E-state index in [1.165, 1.54) is 17.0 Å². The molecule has 6 aromatic heterocycles. The number of imidazole rings is 2. The number of amides is 2. The van der Waals surface area contributed by atoms with Crippen molar-refractivity contribution < 1.29 is 31.1 Å². The summed E-state index contributed by atoms with van der Waals surface area (Å²) in [4.78, 5) is 37.5. The summed E-state index contributed by atoms with van der Waals surface area (Å²) in [7, 11) is 0. The van der Waals surface area contributed by atoms with Crippen LogP contribution >= 0.6 is 0 Å². The number of fused-ring (bicyclic) bond motifs is 6. The van der Waals surface area contributed by atoms with Crippen molar-refractivity contribution in [1.82, 2.24) is 54.2 Å². The zero-order valence-electron chi connectivity index (χ0n) is 28.5. The number of nitrogens with two attached hydrogens (primary N) is 1. The van der Waals surface area contributed by atoms with Crippen LogP contribution < -0.4 is 16.4 Å². The third-order valence-corrected chi connectivity index (χ3v) is 9.69. The first-order valence-electron chi connectivity index (χ1n) is 17.0. The van der Waals surface area contributed by atoms with Gasteiger partial charge in [0.1, 0.15) is 6.54 Å². The molecule has 2 amide bonds. The number of carbonyl (C=O) groups excluding carboxylic acids is 1. The Morgan fingerprint density at radius 2 is 1.33 bits per heavy atom. The normalized spacial score (nSPS) is 20.8. The van der Waals surface area contributed by atoms with E-state index in [0.29, 0.717) is 30.6 Å². The van der Waals surface area contributed by atoms with Crippen LogP contribution in [0.2, 0.25) is 0 Å². The molecule has 0 radical (unpaired) electrons. The lowest BCUT2D eigenvalue weighted by molar-refractivity contribution is -0.123. The number of halogens is 6. The van der Waals surface area contributed by atoms with E-state index in [1.54, 1.807) is 18.6 Å². The van der Waals surface area contributed by atoms with Gasteiger partial charge >= 0.3 is 18.4 Å². The maximum atomic E-state index is 12.4. The van der Waals surface area contributed by atoms with Gasteiger partial charge in [-0.25, -0.2) is 24.7 Å². The number of hydrogen-bond acceptors (Lipinski definition) is 7. The van der Waals surface area contributed by atoms with Crippen LogP contribution in [0.5, 0.6) is 0 Å². The van der Waals surface area contributed by atoms with E-state index < -0.39 is 31.5 Å².